The Labute approximate surface area is 188 Å². The van der Waals surface area contributed by atoms with Crippen LogP contribution in [0.25, 0.3) is 11.1 Å². The van der Waals surface area contributed by atoms with E-state index < -0.39 is 24.1 Å². The SMILES string of the molecule is NC(=O)[C@@H]1CCCN1C(=O)OC1c2ccccc2-c2cccc(C[C@H]3CC[C@H](N)CC3)c21. The molecular weight excluding hydrogens is 402 g/mol. The summed E-state index contributed by atoms with van der Waals surface area (Å²) in [4.78, 5) is 26.5. The van der Waals surface area contributed by atoms with E-state index in [0.717, 1.165) is 60.8 Å². The zero-order chi connectivity index (χ0) is 22.2. The summed E-state index contributed by atoms with van der Waals surface area (Å²) in [5.41, 5.74) is 17.2. The number of nitrogens with zero attached hydrogens (tertiary/aromatic N) is 1. The van der Waals surface area contributed by atoms with Gasteiger partial charge in [-0.25, -0.2) is 4.79 Å². The van der Waals surface area contributed by atoms with Gasteiger partial charge >= 0.3 is 6.09 Å². The van der Waals surface area contributed by atoms with Gasteiger partial charge in [0.25, 0.3) is 0 Å². The Hall–Kier alpha value is -2.86. The number of carbonyl (C=O) groups is 2. The Morgan fingerprint density at radius 2 is 1.72 bits per heavy atom. The Kier molecular flexibility index (Phi) is 5.64. The Bertz CT molecular complexity index is 1030. The van der Waals surface area contributed by atoms with Gasteiger partial charge in [0.15, 0.2) is 6.10 Å². The molecule has 2 atom stereocenters. The predicted molar refractivity (Wildman–Crippen MR) is 123 cm³/mol. The summed E-state index contributed by atoms with van der Waals surface area (Å²) in [5.74, 6) is 0.127. The molecule has 2 aromatic carbocycles. The Morgan fingerprint density at radius 3 is 2.50 bits per heavy atom. The van der Waals surface area contributed by atoms with Gasteiger partial charge in [0.05, 0.1) is 0 Å². The fourth-order valence-electron chi connectivity index (χ4n) is 5.74. The van der Waals surface area contributed by atoms with Gasteiger partial charge in [-0.2, -0.15) is 0 Å². The largest absolute Gasteiger partial charge is 0.436 e. The van der Waals surface area contributed by atoms with E-state index >= 15 is 0 Å². The maximum atomic E-state index is 13.2. The number of hydrogen-bond donors (Lipinski definition) is 2. The van der Waals surface area contributed by atoms with Crippen LogP contribution in [0.1, 0.15) is 61.3 Å². The van der Waals surface area contributed by atoms with E-state index in [1.54, 1.807) is 0 Å². The van der Waals surface area contributed by atoms with Gasteiger partial charge in [0.1, 0.15) is 6.04 Å². The van der Waals surface area contributed by atoms with E-state index in [0.29, 0.717) is 24.9 Å². The smallest absolute Gasteiger partial charge is 0.411 e. The van der Waals surface area contributed by atoms with Crippen molar-refractivity contribution in [3.63, 3.8) is 0 Å². The third-order valence-corrected chi connectivity index (χ3v) is 7.43. The summed E-state index contributed by atoms with van der Waals surface area (Å²) < 4.78 is 6.13. The van der Waals surface area contributed by atoms with E-state index in [1.807, 2.05) is 18.2 Å². The number of hydrogen-bond acceptors (Lipinski definition) is 4. The zero-order valence-electron chi connectivity index (χ0n) is 18.3. The van der Waals surface area contributed by atoms with E-state index in [1.165, 1.54) is 10.5 Å². The molecule has 1 aliphatic heterocycles. The third kappa shape index (κ3) is 3.77. The lowest BCUT2D eigenvalue weighted by atomic mass is 9.81. The van der Waals surface area contributed by atoms with Gasteiger partial charge in [0.2, 0.25) is 5.91 Å². The molecule has 2 aromatic rings. The molecule has 5 rings (SSSR count). The first kappa shape index (κ1) is 21.0. The van der Waals surface area contributed by atoms with Crippen molar-refractivity contribution in [1.82, 2.24) is 4.90 Å². The molecule has 0 bridgehead atoms. The van der Waals surface area contributed by atoms with Crippen molar-refractivity contribution >= 4 is 12.0 Å². The van der Waals surface area contributed by atoms with Crippen LogP contribution in [0.4, 0.5) is 4.79 Å². The highest BCUT2D eigenvalue weighted by molar-refractivity contribution is 5.86. The van der Waals surface area contributed by atoms with Crippen molar-refractivity contribution in [2.45, 2.75) is 63.1 Å². The minimum atomic E-state index is -0.583. The van der Waals surface area contributed by atoms with Crippen LogP contribution in [0, 0.1) is 5.92 Å². The summed E-state index contributed by atoms with van der Waals surface area (Å²) in [6, 6.07) is 14.3. The average molecular weight is 434 g/mol. The van der Waals surface area contributed by atoms with E-state index in [4.69, 9.17) is 16.2 Å². The molecular formula is C26H31N3O3. The fraction of sp³-hybridized carbons (Fsp3) is 0.462. The lowest BCUT2D eigenvalue weighted by Crippen LogP contribution is -2.44. The van der Waals surface area contributed by atoms with Crippen molar-refractivity contribution in [2.24, 2.45) is 17.4 Å². The molecule has 3 aliphatic rings. The molecule has 32 heavy (non-hydrogen) atoms. The number of nitrogens with two attached hydrogens (primary N) is 2. The molecule has 4 N–H and O–H groups in total. The average Bonchev–Trinajstić information content (AvgIpc) is 3.40. The van der Waals surface area contributed by atoms with Crippen molar-refractivity contribution in [2.75, 3.05) is 6.54 Å². The molecule has 1 saturated heterocycles. The number of ether oxygens (including phenoxy) is 1. The molecule has 2 fully saturated rings. The molecule has 0 aromatic heterocycles. The predicted octanol–water partition coefficient (Wildman–Crippen LogP) is 3.90. The molecule has 2 amide bonds. The van der Waals surface area contributed by atoms with Crippen LogP contribution in [0.5, 0.6) is 0 Å². The Balaban J connectivity index is 1.46. The number of benzene rings is 2. The van der Waals surface area contributed by atoms with Crippen LogP contribution in [-0.4, -0.2) is 35.5 Å². The first-order valence-corrected chi connectivity index (χ1v) is 11.8. The van der Waals surface area contributed by atoms with Gasteiger partial charge < -0.3 is 16.2 Å². The van der Waals surface area contributed by atoms with Crippen LogP contribution in [-0.2, 0) is 16.0 Å². The molecule has 6 heteroatoms. The standard InChI is InChI=1S/C26H31N3O3/c27-18-12-10-16(11-13-18)15-17-5-3-8-20-19-6-1-2-7-21(19)24(23(17)20)32-26(31)29-14-4-9-22(29)25(28)30/h1-3,5-8,16,18,22,24H,4,9-15,27H2,(H2,28,30)/t16-,18-,22-,24?/m0/s1. The van der Waals surface area contributed by atoms with Crippen molar-refractivity contribution < 1.29 is 14.3 Å². The second-order valence-corrected chi connectivity index (χ2v) is 9.47. The lowest BCUT2D eigenvalue weighted by molar-refractivity contribution is -0.122. The number of rotatable bonds is 4. The molecule has 0 radical (unpaired) electrons. The van der Waals surface area contributed by atoms with Crippen LogP contribution in [0.15, 0.2) is 42.5 Å². The molecule has 2 aliphatic carbocycles. The number of amides is 2. The van der Waals surface area contributed by atoms with Crippen molar-refractivity contribution in [1.29, 1.82) is 0 Å². The highest BCUT2D eigenvalue weighted by atomic mass is 16.6. The van der Waals surface area contributed by atoms with Crippen LogP contribution in [0.2, 0.25) is 0 Å². The monoisotopic (exact) mass is 433 g/mol. The van der Waals surface area contributed by atoms with Gasteiger partial charge in [0, 0.05) is 23.7 Å². The normalized spacial score (nSPS) is 26.5. The molecule has 1 heterocycles. The van der Waals surface area contributed by atoms with E-state index in [9.17, 15) is 9.59 Å². The summed E-state index contributed by atoms with van der Waals surface area (Å²) in [6.45, 7) is 0.498. The Morgan fingerprint density at radius 1 is 0.969 bits per heavy atom. The van der Waals surface area contributed by atoms with Gasteiger partial charge in [-0.3, -0.25) is 9.69 Å². The van der Waals surface area contributed by atoms with Crippen LogP contribution in [0.3, 0.4) is 0 Å². The summed E-state index contributed by atoms with van der Waals surface area (Å²) >= 11 is 0. The number of primary amides is 1. The zero-order valence-corrected chi connectivity index (χ0v) is 18.3. The van der Waals surface area contributed by atoms with Gasteiger partial charge in [-0.05, 0) is 67.6 Å². The van der Waals surface area contributed by atoms with Crippen LogP contribution >= 0.6 is 0 Å². The quantitative estimate of drug-likeness (QED) is 0.764. The van der Waals surface area contributed by atoms with Gasteiger partial charge in [-0.15, -0.1) is 0 Å². The number of fused-ring (bicyclic) bond motifs is 3. The number of carbonyl (C=O) groups excluding carboxylic acids is 2. The lowest BCUT2D eigenvalue weighted by Gasteiger charge is -2.28. The molecule has 1 saturated carbocycles. The first-order chi connectivity index (χ1) is 15.5. The highest BCUT2D eigenvalue weighted by Crippen LogP contribution is 2.48. The molecule has 6 nitrogen and oxygen atoms in total. The minimum absolute atomic E-state index is 0.323. The third-order valence-electron chi connectivity index (χ3n) is 7.43. The van der Waals surface area contributed by atoms with Crippen molar-refractivity contribution in [3.05, 3.63) is 59.2 Å². The van der Waals surface area contributed by atoms with Gasteiger partial charge in [-0.1, -0.05) is 42.5 Å². The maximum Gasteiger partial charge on any atom is 0.411 e. The second-order valence-electron chi connectivity index (χ2n) is 9.47. The minimum Gasteiger partial charge on any atom is -0.436 e. The first-order valence-electron chi connectivity index (χ1n) is 11.8. The maximum absolute atomic E-state index is 13.2. The number of likely N-dealkylation sites (tertiary alicyclic amines) is 1. The second kappa shape index (κ2) is 8.58. The van der Waals surface area contributed by atoms with E-state index in [2.05, 4.69) is 24.3 Å². The summed E-state index contributed by atoms with van der Waals surface area (Å²) in [6.07, 6.45) is 5.80. The van der Waals surface area contributed by atoms with Crippen molar-refractivity contribution in [3.8, 4) is 11.1 Å². The van der Waals surface area contributed by atoms with E-state index in [-0.39, 0.29) is 0 Å². The summed E-state index contributed by atoms with van der Waals surface area (Å²) in [5, 5.41) is 0. The molecule has 1 unspecified atom stereocenters. The van der Waals surface area contributed by atoms with Crippen LogP contribution < -0.4 is 11.5 Å². The summed E-state index contributed by atoms with van der Waals surface area (Å²) in [7, 11) is 0. The molecule has 0 spiro atoms. The fourth-order valence-corrected chi connectivity index (χ4v) is 5.74. The molecule has 168 valence electrons. The topological polar surface area (TPSA) is 98.7 Å². The highest BCUT2D eigenvalue weighted by Gasteiger charge is 2.39.